The smallest absolute Gasteiger partial charge is 0.338 e. The fourth-order valence-electron chi connectivity index (χ4n) is 8.16. The fraction of sp³-hybridized carbons (Fsp3) is 0.395. The summed E-state index contributed by atoms with van der Waals surface area (Å²) in [6, 6.07) is 12.5. The first kappa shape index (κ1) is 32.2. The van der Waals surface area contributed by atoms with E-state index < -0.39 is 0 Å². The van der Waals surface area contributed by atoms with Crippen molar-refractivity contribution in [2.24, 2.45) is 12.5 Å². The molecular formula is C38H42N8O4. The van der Waals surface area contributed by atoms with Gasteiger partial charge in [-0.1, -0.05) is 13.8 Å². The molecule has 0 amide bonds. The van der Waals surface area contributed by atoms with E-state index in [0.29, 0.717) is 40.8 Å². The van der Waals surface area contributed by atoms with Gasteiger partial charge in [-0.3, -0.25) is 23.5 Å². The number of aldehydes is 1. The summed E-state index contributed by atoms with van der Waals surface area (Å²) < 4.78 is 10.1. The lowest BCUT2D eigenvalue weighted by atomic mass is 9.90. The second-order valence-electron chi connectivity index (χ2n) is 14.9. The fourth-order valence-corrected chi connectivity index (χ4v) is 8.16. The Morgan fingerprint density at radius 1 is 1.00 bits per heavy atom. The maximum Gasteiger partial charge on any atom is 0.338 e. The Hall–Kier alpha value is -5.07. The molecule has 258 valence electrons. The van der Waals surface area contributed by atoms with Crippen molar-refractivity contribution >= 4 is 29.0 Å². The first-order valence-electron chi connectivity index (χ1n) is 17.2. The molecule has 7 heterocycles. The van der Waals surface area contributed by atoms with E-state index in [4.69, 9.17) is 4.74 Å². The second-order valence-corrected chi connectivity index (χ2v) is 14.9. The van der Waals surface area contributed by atoms with Gasteiger partial charge in [-0.25, -0.2) is 14.8 Å². The quantitative estimate of drug-likeness (QED) is 0.253. The molecule has 8 rings (SSSR count). The van der Waals surface area contributed by atoms with Crippen molar-refractivity contribution in [1.29, 1.82) is 0 Å². The first-order chi connectivity index (χ1) is 24.0. The molecule has 5 aromatic rings. The maximum absolute atomic E-state index is 13.9. The normalized spacial score (nSPS) is 20.5. The molecule has 0 spiro atoms. The van der Waals surface area contributed by atoms with Gasteiger partial charge in [0.1, 0.15) is 11.5 Å². The van der Waals surface area contributed by atoms with Crippen LogP contribution in [0.2, 0.25) is 0 Å². The monoisotopic (exact) mass is 674 g/mol. The van der Waals surface area contributed by atoms with Crippen molar-refractivity contribution in [3.05, 3.63) is 98.8 Å². The van der Waals surface area contributed by atoms with Crippen LogP contribution in [0.5, 0.6) is 0 Å². The summed E-state index contributed by atoms with van der Waals surface area (Å²) in [6.07, 6.45) is 9.20. The van der Waals surface area contributed by atoms with Gasteiger partial charge in [0.15, 0.2) is 12.1 Å². The van der Waals surface area contributed by atoms with Crippen molar-refractivity contribution in [3.8, 4) is 16.9 Å². The lowest BCUT2D eigenvalue weighted by Crippen LogP contribution is -2.62. The van der Waals surface area contributed by atoms with Crippen LogP contribution >= 0.6 is 0 Å². The minimum Gasteiger partial charge on any atom is -0.378 e. The van der Waals surface area contributed by atoms with E-state index in [1.165, 1.54) is 14.7 Å². The standard InChI is InChI=1S/C38H42N8O4/c1-23-17-43(29-21-50-22-29)18-24(2)45(23)28-6-7-34(40-16-28)41-32-13-26(19-42(5)36(32)48)30-8-10-39-35(31(30)20-47)44-11-9-27-12-25-14-38(3,4)15-33(25)46(27)37(44)49/h6-13,16,19-20,23-24,29H,14-15,17-18,21-22H2,1-5H3,(H,40,41)/t23-,24-/m0/s1. The zero-order valence-electron chi connectivity index (χ0n) is 29.1. The summed E-state index contributed by atoms with van der Waals surface area (Å²) in [6.45, 7) is 12.4. The summed E-state index contributed by atoms with van der Waals surface area (Å²) >= 11 is 0. The number of carbonyl (C=O) groups is 1. The van der Waals surface area contributed by atoms with E-state index in [2.05, 4.69) is 58.8 Å². The Morgan fingerprint density at radius 2 is 1.78 bits per heavy atom. The number of rotatable bonds is 7. The van der Waals surface area contributed by atoms with E-state index in [0.717, 1.165) is 62.3 Å². The van der Waals surface area contributed by atoms with Gasteiger partial charge >= 0.3 is 5.69 Å². The van der Waals surface area contributed by atoms with Gasteiger partial charge in [-0.2, -0.15) is 0 Å². The number of pyridine rings is 3. The average Bonchev–Trinajstić information content (AvgIpc) is 3.54. The van der Waals surface area contributed by atoms with E-state index in [1.807, 2.05) is 24.4 Å². The van der Waals surface area contributed by atoms with Crippen molar-refractivity contribution in [3.63, 3.8) is 0 Å². The van der Waals surface area contributed by atoms with Crippen LogP contribution in [0.1, 0.15) is 49.3 Å². The highest BCUT2D eigenvalue weighted by molar-refractivity contribution is 5.91. The summed E-state index contributed by atoms with van der Waals surface area (Å²) in [5.41, 5.74) is 5.34. The molecule has 12 heteroatoms. The summed E-state index contributed by atoms with van der Waals surface area (Å²) in [5.74, 6) is 0.761. The third-order valence-corrected chi connectivity index (χ3v) is 10.5. The Balaban J connectivity index is 1.09. The first-order valence-corrected chi connectivity index (χ1v) is 17.2. The van der Waals surface area contributed by atoms with Crippen LogP contribution in [-0.4, -0.2) is 79.1 Å². The topological polar surface area (TPSA) is 119 Å². The van der Waals surface area contributed by atoms with Crippen LogP contribution in [0.15, 0.2) is 70.8 Å². The third kappa shape index (κ3) is 5.43. The minimum atomic E-state index is -0.273. The van der Waals surface area contributed by atoms with Crippen LogP contribution in [-0.2, 0) is 24.6 Å². The van der Waals surface area contributed by atoms with Crippen LogP contribution in [0.4, 0.5) is 17.2 Å². The van der Waals surface area contributed by atoms with E-state index >= 15 is 0 Å². The Kier molecular flexibility index (Phi) is 7.76. The SMILES string of the molecule is C[C@H]1CN(C2COC2)C[C@H](C)N1c1ccc(Nc2cc(-c3ccnc(-n4ccc5cc6c(n5c4=O)CC(C)(C)C6)c3C=O)cn(C)c2=O)nc1. The van der Waals surface area contributed by atoms with Crippen molar-refractivity contribution in [2.45, 2.75) is 58.7 Å². The van der Waals surface area contributed by atoms with E-state index in [-0.39, 0.29) is 28.0 Å². The molecule has 2 fully saturated rings. The number of anilines is 3. The van der Waals surface area contributed by atoms with Gasteiger partial charge in [0.2, 0.25) is 0 Å². The predicted octanol–water partition coefficient (Wildman–Crippen LogP) is 4.22. The number of fused-ring (bicyclic) bond motifs is 3. The van der Waals surface area contributed by atoms with Crippen LogP contribution in [0.3, 0.4) is 0 Å². The molecule has 3 aliphatic rings. The number of ether oxygens (including phenoxy) is 1. The molecular weight excluding hydrogens is 632 g/mol. The lowest BCUT2D eigenvalue weighted by molar-refractivity contribution is -0.0726. The van der Waals surface area contributed by atoms with Crippen LogP contribution in [0.25, 0.3) is 22.5 Å². The molecule has 5 aromatic heterocycles. The molecule has 0 saturated carbocycles. The number of carbonyl (C=O) groups excluding carboxylic acids is 1. The number of hydrogen-bond donors (Lipinski definition) is 1. The minimum absolute atomic E-state index is 0.0793. The molecule has 1 aliphatic carbocycles. The van der Waals surface area contributed by atoms with Crippen molar-refractivity contribution in [2.75, 3.05) is 36.5 Å². The highest BCUT2D eigenvalue weighted by atomic mass is 16.5. The van der Waals surface area contributed by atoms with Gasteiger partial charge in [-0.05, 0) is 79.6 Å². The Morgan fingerprint density at radius 3 is 2.46 bits per heavy atom. The van der Waals surface area contributed by atoms with Gasteiger partial charge in [0.05, 0.1) is 42.2 Å². The molecule has 2 saturated heterocycles. The summed E-state index contributed by atoms with van der Waals surface area (Å²) in [4.78, 5) is 54.1. The van der Waals surface area contributed by atoms with Crippen LogP contribution < -0.4 is 21.5 Å². The van der Waals surface area contributed by atoms with Gasteiger partial charge in [0.25, 0.3) is 5.56 Å². The zero-order valence-corrected chi connectivity index (χ0v) is 29.1. The van der Waals surface area contributed by atoms with Gasteiger partial charge in [0, 0.05) is 62.1 Å². The second kappa shape index (κ2) is 12.1. The predicted molar refractivity (Wildman–Crippen MR) is 193 cm³/mol. The summed E-state index contributed by atoms with van der Waals surface area (Å²) in [5, 5.41) is 3.21. The number of nitrogens with zero attached hydrogens (tertiary/aromatic N) is 7. The molecule has 0 unspecified atom stereocenters. The highest BCUT2D eigenvalue weighted by Gasteiger charge is 2.36. The number of nitrogens with one attached hydrogen (secondary N) is 1. The zero-order chi connectivity index (χ0) is 34.9. The van der Waals surface area contributed by atoms with Gasteiger partial charge in [-0.15, -0.1) is 0 Å². The number of hydrogen-bond acceptors (Lipinski definition) is 9. The molecule has 50 heavy (non-hydrogen) atoms. The largest absolute Gasteiger partial charge is 0.378 e. The molecule has 1 N–H and O–H groups in total. The maximum atomic E-state index is 13.9. The molecule has 2 aliphatic heterocycles. The number of piperazine rings is 1. The van der Waals surface area contributed by atoms with E-state index in [9.17, 15) is 14.4 Å². The molecule has 2 atom stereocenters. The molecule has 0 radical (unpaired) electrons. The van der Waals surface area contributed by atoms with Crippen molar-refractivity contribution < 1.29 is 9.53 Å². The Bertz CT molecular complexity index is 2240. The third-order valence-electron chi connectivity index (χ3n) is 10.5. The van der Waals surface area contributed by atoms with Gasteiger partial charge < -0.3 is 19.5 Å². The van der Waals surface area contributed by atoms with Crippen LogP contribution in [0, 0.1) is 5.41 Å². The summed E-state index contributed by atoms with van der Waals surface area (Å²) in [7, 11) is 1.67. The average molecular weight is 675 g/mol. The molecule has 0 bridgehead atoms. The Labute approximate surface area is 290 Å². The highest BCUT2D eigenvalue weighted by Crippen LogP contribution is 2.37. The molecule has 0 aromatic carbocycles. The van der Waals surface area contributed by atoms with Crippen molar-refractivity contribution in [1.82, 2.24) is 28.4 Å². The molecule has 12 nitrogen and oxygen atoms in total. The number of aromatic nitrogens is 5. The van der Waals surface area contributed by atoms with E-state index in [1.54, 1.807) is 42.2 Å². The number of aryl methyl sites for hydroxylation is 1. The lowest BCUT2D eigenvalue weighted by Gasteiger charge is -2.49.